The third-order valence-electron chi connectivity index (χ3n) is 6.02. The number of aromatic nitrogens is 2. The van der Waals surface area contributed by atoms with Crippen LogP contribution in [0.5, 0.6) is 17.4 Å². The lowest BCUT2D eigenvalue weighted by Crippen LogP contribution is -2.41. The number of aliphatic carboxylic acids is 1. The first-order valence-corrected chi connectivity index (χ1v) is 12.0. The molecule has 9 heteroatoms. The van der Waals surface area contributed by atoms with Gasteiger partial charge in [0.2, 0.25) is 5.88 Å². The molecule has 0 fully saturated rings. The molecule has 5 rings (SSSR count). The summed E-state index contributed by atoms with van der Waals surface area (Å²) in [6.45, 7) is 1.86. The van der Waals surface area contributed by atoms with Gasteiger partial charge in [-0.15, -0.1) is 0 Å². The maximum atomic E-state index is 11.9. The zero-order chi connectivity index (χ0) is 26.6. The van der Waals surface area contributed by atoms with Gasteiger partial charge in [0.1, 0.15) is 17.5 Å². The number of fused-ring (bicyclic) bond motifs is 1. The van der Waals surface area contributed by atoms with Crippen LogP contribution in [0, 0.1) is 0 Å². The van der Waals surface area contributed by atoms with Crippen molar-refractivity contribution in [2.75, 3.05) is 11.9 Å². The maximum absolute atomic E-state index is 11.9. The van der Waals surface area contributed by atoms with E-state index in [2.05, 4.69) is 10.3 Å². The summed E-state index contributed by atoms with van der Waals surface area (Å²) in [6.07, 6.45) is 3.47. The molecule has 1 unspecified atom stereocenters. The van der Waals surface area contributed by atoms with Gasteiger partial charge in [-0.25, -0.2) is 9.78 Å². The summed E-state index contributed by atoms with van der Waals surface area (Å²) < 4.78 is 11.3. The number of rotatable bonds is 10. The number of carbonyl (C=O) groups is 1. The zero-order valence-corrected chi connectivity index (χ0v) is 20.4. The molecule has 0 spiro atoms. The quantitative estimate of drug-likeness (QED) is 0.266. The van der Waals surface area contributed by atoms with Crippen LogP contribution >= 0.6 is 0 Å². The highest BCUT2D eigenvalue weighted by Crippen LogP contribution is 2.32. The van der Waals surface area contributed by atoms with Gasteiger partial charge >= 0.3 is 5.97 Å². The van der Waals surface area contributed by atoms with Gasteiger partial charge in [-0.2, -0.15) is 0 Å². The summed E-state index contributed by atoms with van der Waals surface area (Å²) in [5.41, 5.74) is 0.757. The topological polar surface area (TPSA) is 128 Å². The largest absolute Gasteiger partial charge is 0.488 e. The highest BCUT2D eigenvalue weighted by atomic mass is 16.5. The molecular formula is C29H23N3O6. The van der Waals surface area contributed by atoms with E-state index in [0.717, 1.165) is 22.0 Å². The summed E-state index contributed by atoms with van der Waals surface area (Å²) in [4.78, 5) is 44.4. The summed E-state index contributed by atoms with van der Waals surface area (Å²) in [5, 5.41) is 14.0. The van der Waals surface area contributed by atoms with Crippen LogP contribution in [0.1, 0.15) is 12.5 Å². The van der Waals surface area contributed by atoms with Gasteiger partial charge in [0.05, 0.1) is 17.7 Å². The highest BCUT2D eigenvalue weighted by molar-refractivity contribution is 5.89. The summed E-state index contributed by atoms with van der Waals surface area (Å²) in [5.74, 6) is -0.380. The molecule has 2 N–H and O–H groups in total. The second-order valence-electron chi connectivity index (χ2n) is 8.56. The minimum atomic E-state index is -1.17. The Kier molecular flexibility index (Phi) is 6.82. The Bertz CT molecular complexity index is 1680. The fraction of sp³-hybridized carbons (Fsp3) is 0.138. The summed E-state index contributed by atoms with van der Waals surface area (Å²) in [7, 11) is 0. The molecule has 2 aromatic heterocycles. The number of hydrogen-bond donors (Lipinski definition) is 2. The van der Waals surface area contributed by atoms with Crippen molar-refractivity contribution in [2.45, 2.75) is 19.4 Å². The van der Waals surface area contributed by atoms with Gasteiger partial charge in [-0.1, -0.05) is 42.5 Å². The van der Waals surface area contributed by atoms with Crippen LogP contribution in [0.3, 0.4) is 0 Å². The van der Waals surface area contributed by atoms with Crippen LogP contribution in [-0.4, -0.2) is 33.7 Å². The van der Waals surface area contributed by atoms with Gasteiger partial charge in [-0.05, 0) is 42.1 Å². The molecular weight excluding hydrogens is 486 g/mol. The molecule has 2 heterocycles. The van der Waals surface area contributed by atoms with Crippen molar-refractivity contribution in [2.24, 2.45) is 0 Å². The average Bonchev–Trinajstić information content (AvgIpc) is 2.95. The molecule has 3 aromatic carbocycles. The van der Waals surface area contributed by atoms with Gasteiger partial charge in [0.25, 0.3) is 10.9 Å². The van der Waals surface area contributed by atoms with Crippen LogP contribution < -0.4 is 25.6 Å². The Balaban J connectivity index is 1.36. The fourth-order valence-electron chi connectivity index (χ4n) is 4.09. The lowest BCUT2D eigenvalue weighted by atomic mass is 10.0. The number of benzene rings is 2. The molecule has 1 atom stereocenters. The molecule has 5 aromatic rings. The first kappa shape index (κ1) is 24.6. The summed E-state index contributed by atoms with van der Waals surface area (Å²) >= 11 is 0. The molecule has 0 aliphatic heterocycles. The number of nitrogens with one attached hydrogen (secondary N) is 1. The molecule has 0 bridgehead atoms. The lowest BCUT2D eigenvalue weighted by molar-refractivity contribution is -0.137. The summed E-state index contributed by atoms with van der Waals surface area (Å²) in [6, 6.07) is 19.4. The number of ether oxygens (including phenoxy) is 2. The smallest absolute Gasteiger partial charge is 0.326 e. The van der Waals surface area contributed by atoms with E-state index in [1.165, 1.54) is 0 Å². The molecule has 0 amide bonds. The number of pyridine rings is 2. The molecule has 0 radical (unpaired) electrons. The number of carboxylic acids is 1. The number of anilines is 1. The van der Waals surface area contributed by atoms with E-state index in [0.29, 0.717) is 17.2 Å². The van der Waals surface area contributed by atoms with E-state index >= 15 is 0 Å². The standard InChI is InChI=1S/C29H23N3O6/c1-2-37-27-24(25(33)26(27)34)31-23(29(35)36)14-17-8-10-20(11-9-17)38-28-21-16-30-13-12-19(21)15-22(32-28)18-6-4-3-5-7-18/h3-13,15-16,23,31H,2,14H2,1H3,(H,35,36). The number of carboxylic acid groups (broad SMARTS) is 1. The first-order valence-electron chi connectivity index (χ1n) is 12.0. The van der Waals surface area contributed by atoms with E-state index in [-0.39, 0.29) is 24.5 Å². The van der Waals surface area contributed by atoms with Crippen molar-refractivity contribution >= 4 is 22.4 Å². The minimum absolute atomic E-state index is 0.0641. The van der Waals surface area contributed by atoms with Crippen molar-refractivity contribution in [3.8, 4) is 28.6 Å². The van der Waals surface area contributed by atoms with Crippen LogP contribution in [0.25, 0.3) is 22.0 Å². The van der Waals surface area contributed by atoms with Crippen LogP contribution in [0.15, 0.2) is 88.7 Å². The molecule has 190 valence electrons. The molecule has 0 saturated heterocycles. The fourth-order valence-corrected chi connectivity index (χ4v) is 4.09. The van der Waals surface area contributed by atoms with E-state index < -0.39 is 22.9 Å². The Labute approximate surface area is 217 Å². The van der Waals surface area contributed by atoms with Crippen molar-refractivity contribution in [3.05, 3.63) is 105 Å². The zero-order valence-electron chi connectivity index (χ0n) is 20.4. The average molecular weight is 510 g/mol. The number of hydrogen-bond acceptors (Lipinski definition) is 8. The lowest BCUT2D eigenvalue weighted by Gasteiger charge is -2.19. The second kappa shape index (κ2) is 10.5. The van der Waals surface area contributed by atoms with E-state index in [1.54, 1.807) is 43.6 Å². The van der Waals surface area contributed by atoms with Gasteiger partial charge in [-0.3, -0.25) is 14.6 Å². The van der Waals surface area contributed by atoms with E-state index in [1.807, 2.05) is 42.5 Å². The van der Waals surface area contributed by atoms with Crippen LogP contribution in [0.2, 0.25) is 0 Å². The predicted molar refractivity (Wildman–Crippen MR) is 143 cm³/mol. The third-order valence-corrected chi connectivity index (χ3v) is 6.02. The van der Waals surface area contributed by atoms with Crippen molar-refractivity contribution in [3.63, 3.8) is 0 Å². The molecule has 9 nitrogen and oxygen atoms in total. The molecule has 0 aliphatic carbocycles. The van der Waals surface area contributed by atoms with Gasteiger partial charge in [0, 0.05) is 24.4 Å². The van der Waals surface area contributed by atoms with Crippen LogP contribution in [-0.2, 0) is 11.2 Å². The first-order chi connectivity index (χ1) is 18.4. The maximum Gasteiger partial charge on any atom is 0.326 e. The SMILES string of the molecule is CCOc1c(NC(Cc2ccc(Oc3nc(-c4ccccc4)cc4ccncc34)cc2)C(=O)O)c(=O)c1=O. The Hall–Kier alpha value is -5.05. The van der Waals surface area contributed by atoms with Crippen molar-refractivity contribution in [1.29, 1.82) is 0 Å². The third kappa shape index (κ3) is 4.94. The second-order valence-corrected chi connectivity index (χ2v) is 8.56. The Morgan fingerprint density at radius 3 is 2.50 bits per heavy atom. The van der Waals surface area contributed by atoms with Crippen molar-refractivity contribution in [1.82, 2.24) is 9.97 Å². The molecule has 0 aliphatic rings. The molecule has 0 saturated carbocycles. The van der Waals surface area contributed by atoms with Gasteiger partial charge < -0.3 is 19.9 Å². The van der Waals surface area contributed by atoms with Crippen molar-refractivity contribution < 1.29 is 19.4 Å². The molecule has 38 heavy (non-hydrogen) atoms. The minimum Gasteiger partial charge on any atom is -0.488 e. The van der Waals surface area contributed by atoms with Gasteiger partial charge in [0.15, 0.2) is 5.75 Å². The highest BCUT2D eigenvalue weighted by Gasteiger charge is 2.27. The van der Waals surface area contributed by atoms with E-state index in [9.17, 15) is 19.5 Å². The van der Waals surface area contributed by atoms with E-state index in [4.69, 9.17) is 14.5 Å². The monoisotopic (exact) mass is 509 g/mol. The normalized spacial score (nSPS) is 11.8. The number of nitrogens with zero attached hydrogens (tertiary/aromatic N) is 2. The predicted octanol–water partition coefficient (Wildman–Crippen LogP) is 4.19. The van der Waals surface area contributed by atoms with Crippen LogP contribution in [0.4, 0.5) is 5.69 Å². The Morgan fingerprint density at radius 2 is 1.79 bits per heavy atom. The Morgan fingerprint density at radius 1 is 1.03 bits per heavy atom.